The van der Waals surface area contributed by atoms with Crippen LogP contribution >= 0.6 is 11.8 Å². The van der Waals surface area contributed by atoms with Gasteiger partial charge in [-0.15, -0.1) is 0 Å². The molecule has 1 aromatic carbocycles. The first-order valence-electron chi connectivity index (χ1n) is 9.19. The van der Waals surface area contributed by atoms with E-state index in [0.717, 1.165) is 4.46 Å². The summed E-state index contributed by atoms with van der Waals surface area (Å²) < 4.78 is 22.4. The fourth-order valence-electron chi connectivity index (χ4n) is 2.92. The van der Waals surface area contributed by atoms with Crippen molar-refractivity contribution in [2.24, 2.45) is 0 Å². The molecule has 0 aliphatic carbocycles. The molecule has 8 nitrogen and oxygen atoms in total. The number of rotatable bonds is 7. The molecule has 0 unspecified atom stereocenters. The predicted octanol–water partition coefficient (Wildman–Crippen LogP) is 0.816. The Hall–Kier alpha value is -2.03. The van der Waals surface area contributed by atoms with E-state index in [1.54, 1.807) is 0 Å². The molecule has 0 N–H and O–H groups in total. The molecule has 0 saturated carbocycles. The zero-order valence-electron chi connectivity index (χ0n) is 17.1. The van der Waals surface area contributed by atoms with Crippen molar-refractivity contribution in [3.63, 3.8) is 0 Å². The van der Waals surface area contributed by atoms with Gasteiger partial charge in [-0.1, -0.05) is 0 Å². The second-order valence-corrected chi connectivity index (χ2v) is 11.1. The number of hydrogen-bond acceptors (Lipinski definition) is 9. The predicted molar refractivity (Wildman–Crippen MR) is 110 cm³/mol. The number of carbonyl (C=O) groups is 4. The van der Waals surface area contributed by atoms with Gasteiger partial charge in [-0.2, -0.15) is 0 Å². The van der Waals surface area contributed by atoms with Gasteiger partial charge in [0.1, 0.15) is 0 Å². The minimum absolute atomic E-state index is 0.0378. The summed E-state index contributed by atoms with van der Waals surface area (Å²) in [5, 5.41) is -0.496. The number of thioether (sulfide) groups is 1. The quantitative estimate of drug-likeness (QED) is 0.304. The van der Waals surface area contributed by atoms with E-state index in [9.17, 15) is 19.2 Å². The summed E-state index contributed by atoms with van der Waals surface area (Å²) >= 11 is 1.22. The van der Waals surface area contributed by atoms with Crippen LogP contribution < -0.4 is 4.46 Å². The molecule has 1 aliphatic rings. The zero-order valence-corrected chi connectivity index (χ0v) is 19.6. The average Bonchev–Trinajstić information content (AvgIpc) is 2.64. The van der Waals surface area contributed by atoms with Gasteiger partial charge in [-0.25, -0.2) is 0 Å². The molecule has 2 rings (SSSR count). The van der Waals surface area contributed by atoms with Crippen LogP contribution in [0.5, 0.6) is 0 Å². The Morgan fingerprint density at radius 3 is 1.87 bits per heavy atom. The molecule has 1 saturated heterocycles. The third kappa shape index (κ3) is 7.34. The van der Waals surface area contributed by atoms with E-state index in [-0.39, 0.29) is 25.7 Å². The minimum atomic E-state index is -1.02. The average molecular weight is 503 g/mol. The van der Waals surface area contributed by atoms with Gasteiger partial charge in [0.15, 0.2) is 0 Å². The summed E-state index contributed by atoms with van der Waals surface area (Å²) in [5.74, 6) is -2.20. The van der Waals surface area contributed by atoms with Crippen LogP contribution in [0, 0.1) is 0 Å². The van der Waals surface area contributed by atoms with E-state index in [1.807, 2.05) is 30.3 Å². The topological polar surface area (TPSA) is 105 Å². The van der Waals surface area contributed by atoms with Crippen LogP contribution in [0.15, 0.2) is 30.3 Å². The normalized spacial score (nSPS) is 25.7. The van der Waals surface area contributed by atoms with Crippen molar-refractivity contribution in [1.82, 2.24) is 0 Å². The van der Waals surface area contributed by atoms with Crippen molar-refractivity contribution in [1.29, 1.82) is 0 Å². The molecule has 1 aromatic rings. The van der Waals surface area contributed by atoms with E-state index < -0.39 is 47.4 Å². The molecule has 164 valence electrons. The molecule has 0 bridgehead atoms. The molecule has 0 aromatic heterocycles. The van der Waals surface area contributed by atoms with Crippen LogP contribution in [-0.2, 0) is 38.1 Å². The Labute approximate surface area is 185 Å². The van der Waals surface area contributed by atoms with E-state index in [2.05, 4.69) is 0 Å². The second-order valence-electron chi connectivity index (χ2n) is 6.50. The number of hydrogen-bond donors (Lipinski definition) is 0. The van der Waals surface area contributed by atoms with Gasteiger partial charge in [-0.05, 0) is 0 Å². The zero-order chi connectivity index (χ0) is 22.3. The van der Waals surface area contributed by atoms with Crippen LogP contribution in [0.1, 0.15) is 27.7 Å². The van der Waals surface area contributed by atoms with Gasteiger partial charge in [-0.3, -0.25) is 0 Å². The maximum atomic E-state index is 11.8. The Morgan fingerprint density at radius 1 is 0.800 bits per heavy atom. The second kappa shape index (κ2) is 11.4. The molecule has 30 heavy (non-hydrogen) atoms. The van der Waals surface area contributed by atoms with Crippen molar-refractivity contribution < 1.29 is 38.1 Å². The van der Waals surface area contributed by atoms with Crippen LogP contribution in [0.2, 0.25) is 0 Å². The van der Waals surface area contributed by atoms with Crippen molar-refractivity contribution in [3.8, 4) is 0 Å². The van der Waals surface area contributed by atoms with Gasteiger partial charge in [0.2, 0.25) is 0 Å². The Balaban J connectivity index is 2.42. The molecule has 10 heteroatoms. The Kier molecular flexibility index (Phi) is 9.20. The number of esters is 4. The first-order valence-corrected chi connectivity index (χ1v) is 12.0. The number of ether oxygens (including phenoxy) is 4. The van der Waals surface area contributed by atoms with Gasteiger partial charge in [0.05, 0.1) is 0 Å². The SMILES string of the molecule is CC(=O)OC[C@H]1S[C@H]([Se]c2ccccc2)[C@H](OC(C)=O)[C@@H](OC(C)=O)[C@@H]1OC(C)=O. The molecular weight excluding hydrogens is 479 g/mol. The van der Waals surface area contributed by atoms with Gasteiger partial charge in [0, 0.05) is 0 Å². The van der Waals surface area contributed by atoms with Crippen molar-refractivity contribution >= 4 is 55.1 Å². The fraction of sp³-hybridized carbons (Fsp3) is 0.500. The summed E-state index contributed by atoms with van der Waals surface area (Å²) in [5.41, 5.74) is 0. The van der Waals surface area contributed by atoms with E-state index in [1.165, 1.54) is 39.5 Å². The van der Waals surface area contributed by atoms with Crippen molar-refractivity contribution in [3.05, 3.63) is 30.3 Å². The molecule has 5 atom stereocenters. The van der Waals surface area contributed by atoms with Gasteiger partial charge < -0.3 is 0 Å². The van der Waals surface area contributed by atoms with E-state index >= 15 is 0 Å². The third-order valence-electron chi connectivity index (χ3n) is 3.94. The molecular formula is C20H24O8SSe. The van der Waals surface area contributed by atoms with Gasteiger partial charge >= 0.3 is 186 Å². The number of carbonyl (C=O) groups excluding carboxylic acids is 4. The fourth-order valence-corrected chi connectivity index (χ4v) is 7.96. The maximum absolute atomic E-state index is 11.8. The summed E-state index contributed by atoms with van der Waals surface area (Å²) in [6.45, 7) is 4.98. The Morgan fingerprint density at radius 2 is 1.33 bits per heavy atom. The van der Waals surface area contributed by atoms with E-state index in [0.29, 0.717) is 0 Å². The van der Waals surface area contributed by atoms with Crippen LogP contribution in [-0.4, -0.2) is 73.2 Å². The monoisotopic (exact) mass is 504 g/mol. The first-order chi connectivity index (χ1) is 14.2. The van der Waals surface area contributed by atoms with Crippen molar-refractivity contribution in [2.75, 3.05) is 6.61 Å². The summed E-state index contributed by atoms with van der Waals surface area (Å²) in [4.78, 5) is 46.8. The van der Waals surface area contributed by atoms with Crippen LogP contribution in [0.25, 0.3) is 0 Å². The summed E-state index contributed by atoms with van der Waals surface area (Å²) in [7, 11) is 0. The molecule has 1 heterocycles. The molecule has 0 amide bonds. The summed E-state index contributed by atoms with van der Waals surface area (Å²) in [6.07, 6.45) is -2.79. The molecule has 0 radical (unpaired) electrons. The van der Waals surface area contributed by atoms with Crippen molar-refractivity contribution in [2.45, 2.75) is 55.4 Å². The van der Waals surface area contributed by atoms with Gasteiger partial charge in [0.25, 0.3) is 0 Å². The number of benzene rings is 1. The summed E-state index contributed by atoms with van der Waals surface area (Å²) in [6, 6.07) is 9.65. The Bertz CT molecular complexity index is 771. The standard InChI is InChI=1S/C20H24O8SSe/c1-11(21)25-10-16-17(26-12(2)22)18(27-13(3)23)19(28-14(4)24)20(29-16)30-15-8-6-5-7-9-15/h5-9,16-20H,10H2,1-4H3/t16-,17-,18+,19-,20-/m1/s1. The first kappa shape index (κ1) is 24.2. The van der Waals surface area contributed by atoms with E-state index in [4.69, 9.17) is 18.9 Å². The third-order valence-corrected chi connectivity index (χ3v) is 8.63. The molecule has 1 aliphatic heterocycles. The van der Waals surface area contributed by atoms with Crippen LogP contribution in [0.3, 0.4) is 0 Å². The molecule has 0 spiro atoms. The van der Waals surface area contributed by atoms with Crippen LogP contribution in [0.4, 0.5) is 0 Å². The molecule has 1 fully saturated rings.